The number of hydrogen-bond donors (Lipinski definition) is 2. The Morgan fingerprint density at radius 2 is 2.19 bits per heavy atom. The maximum Gasteiger partial charge on any atom is 0.329 e. The van der Waals surface area contributed by atoms with Gasteiger partial charge in [0.1, 0.15) is 5.54 Å². The molecule has 0 aliphatic heterocycles. The molecule has 2 N–H and O–H groups in total. The van der Waals surface area contributed by atoms with Crippen molar-refractivity contribution in [1.82, 2.24) is 24.9 Å². The summed E-state index contributed by atoms with van der Waals surface area (Å²) >= 11 is 0. The Morgan fingerprint density at radius 1 is 1.48 bits per heavy atom. The maximum absolute atomic E-state index is 12.2. The van der Waals surface area contributed by atoms with E-state index in [4.69, 9.17) is 0 Å². The van der Waals surface area contributed by atoms with Crippen LogP contribution in [0.4, 0.5) is 0 Å². The molecule has 0 aromatic carbocycles. The zero-order chi connectivity index (χ0) is 15.6. The number of carboxylic acid groups (broad SMARTS) is 1. The molecule has 8 nitrogen and oxygen atoms in total. The van der Waals surface area contributed by atoms with Crippen molar-refractivity contribution in [3.63, 3.8) is 0 Å². The summed E-state index contributed by atoms with van der Waals surface area (Å²) in [6, 6.07) is 1.74. The van der Waals surface area contributed by atoms with Crippen LogP contribution in [0.25, 0.3) is 5.78 Å². The number of aryl methyl sites for hydroxylation is 1. The van der Waals surface area contributed by atoms with Crippen molar-refractivity contribution < 1.29 is 14.7 Å². The molecular formula is C13H17N5O3. The van der Waals surface area contributed by atoms with Crippen molar-refractivity contribution in [2.24, 2.45) is 0 Å². The van der Waals surface area contributed by atoms with Gasteiger partial charge in [-0.1, -0.05) is 13.3 Å². The molecule has 2 aromatic rings. The summed E-state index contributed by atoms with van der Waals surface area (Å²) in [7, 11) is 0. The van der Waals surface area contributed by atoms with Crippen LogP contribution in [0.2, 0.25) is 0 Å². The number of fused-ring (bicyclic) bond motifs is 1. The fraction of sp³-hybridized carbons (Fsp3) is 0.462. The van der Waals surface area contributed by atoms with Gasteiger partial charge in [-0.3, -0.25) is 4.79 Å². The fourth-order valence-electron chi connectivity index (χ4n) is 2.03. The summed E-state index contributed by atoms with van der Waals surface area (Å²) in [4.78, 5) is 31.5. The van der Waals surface area contributed by atoms with Crippen molar-refractivity contribution in [3.05, 3.63) is 23.8 Å². The number of nitrogens with zero attached hydrogens (tertiary/aromatic N) is 4. The summed E-state index contributed by atoms with van der Waals surface area (Å²) in [6.07, 6.45) is 2.51. The number of rotatable bonds is 5. The zero-order valence-electron chi connectivity index (χ0n) is 12.1. The Labute approximate surface area is 121 Å². The molecule has 1 atom stereocenters. The minimum Gasteiger partial charge on any atom is -0.480 e. The van der Waals surface area contributed by atoms with Crippen LogP contribution >= 0.6 is 0 Å². The Hall–Kier alpha value is -2.51. The van der Waals surface area contributed by atoms with E-state index in [9.17, 15) is 14.7 Å². The number of carbonyl (C=O) groups excluding carboxylic acids is 1. The minimum atomic E-state index is -1.34. The normalized spacial score (nSPS) is 13.9. The standard InChI is InChI=1S/C13H17N5O3/c1-4-6-13(3,11(20)21)16-10(19)9-15-12-14-7-5-8(2)18(12)17-9/h5,7H,4,6H2,1-3H3,(H,16,19)(H,20,21). The second kappa shape index (κ2) is 5.47. The third-order valence-corrected chi connectivity index (χ3v) is 3.24. The zero-order valence-corrected chi connectivity index (χ0v) is 12.1. The average molecular weight is 291 g/mol. The van der Waals surface area contributed by atoms with Crippen LogP contribution in [0.1, 0.15) is 43.0 Å². The second-order valence-corrected chi connectivity index (χ2v) is 5.07. The summed E-state index contributed by atoms with van der Waals surface area (Å²) < 4.78 is 1.44. The molecule has 0 aliphatic carbocycles. The first kappa shape index (κ1) is 14.9. The quantitative estimate of drug-likeness (QED) is 0.843. The van der Waals surface area contributed by atoms with Crippen molar-refractivity contribution in [2.45, 2.75) is 39.2 Å². The smallest absolute Gasteiger partial charge is 0.329 e. The van der Waals surface area contributed by atoms with Crippen LogP contribution in [0.5, 0.6) is 0 Å². The molecule has 2 aromatic heterocycles. The number of carbonyl (C=O) groups is 2. The highest BCUT2D eigenvalue weighted by Crippen LogP contribution is 2.13. The minimum absolute atomic E-state index is 0.0969. The largest absolute Gasteiger partial charge is 0.480 e. The van der Waals surface area contributed by atoms with Gasteiger partial charge in [-0.15, -0.1) is 5.10 Å². The van der Waals surface area contributed by atoms with Crippen LogP contribution in [-0.4, -0.2) is 42.1 Å². The highest BCUT2D eigenvalue weighted by molar-refractivity contribution is 5.95. The predicted molar refractivity (Wildman–Crippen MR) is 73.9 cm³/mol. The van der Waals surface area contributed by atoms with Crippen molar-refractivity contribution in [3.8, 4) is 0 Å². The van der Waals surface area contributed by atoms with Gasteiger partial charge in [0, 0.05) is 11.9 Å². The van der Waals surface area contributed by atoms with Crippen molar-refractivity contribution in [2.75, 3.05) is 0 Å². The molecule has 1 unspecified atom stereocenters. The van der Waals surface area contributed by atoms with Gasteiger partial charge in [-0.2, -0.15) is 4.98 Å². The van der Waals surface area contributed by atoms with E-state index < -0.39 is 17.4 Å². The molecule has 8 heteroatoms. The first-order valence-corrected chi connectivity index (χ1v) is 6.61. The molecule has 112 valence electrons. The lowest BCUT2D eigenvalue weighted by Gasteiger charge is -2.24. The van der Waals surface area contributed by atoms with Crippen LogP contribution in [0.3, 0.4) is 0 Å². The van der Waals surface area contributed by atoms with Crippen LogP contribution in [0.15, 0.2) is 12.3 Å². The van der Waals surface area contributed by atoms with E-state index in [0.717, 1.165) is 5.69 Å². The molecule has 0 spiro atoms. The summed E-state index contributed by atoms with van der Waals surface area (Å²) in [6.45, 7) is 5.13. The SMILES string of the molecule is CCCC(C)(NC(=O)c1nc2nccc(C)n2n1)C(=O)O. The maximum atomic E-state index is 12.2. The average Bonchev–Trinajstić information content (AvgIpc) is 2.84. The molecule has 0 saturated carbocycles. The fourth-order valence-corrected chi connectivity index (χ4v) is 2.03. The van der Waals surface area contributed by atoms with E-state index in [-0.39, 0.29) is 5.82 Å². The Balaban J connectivity index is 2.30. The molecule has 0 bridgehead atoms. The van der Waals surface area contributed by atoms with Gasteiger partial charge in [0.25, 0.3) is 11.7 Å². The monoisotopic (exact) mass is 291 g/mol. The highest BCUT2D eigenvalue weighted by atomic mass is 16.4. The number of carboxylic acids is 1. The second-order valence-electron chi connectivity index (χ2n) is 5.07. The highest BCUT2D eigenvalue weighted by Gasteiger charge is 2.35. The predicted octanol–water partition coefficient (Wildman–Crippen LogP) is 0.806. The summed E-state index contributed by atoms with van der Waals surface area (Å²) in [5, 5.41) is 15.8. The van der Waals surface area contributed by atoms with Crippen LogP contribution in [0, 0.1) is 6.92 Å². The molecule has 0 radical (unpaired) electrons. The van der Waals surface area contributed by atoms with Crippen molar-refractivity contribution in [1.29, 1.82) is 0 Å². The molecule has 0 saturated heterocycles. The summed E-state index contributed by atoms with van der Waals surface area (Å²) in [5.74, 6) is -1.51. The first-order valence-electron chi connectivity index (χ1n) is 6.61. The number of aliphatic carboxylic acids is 1. The lowest BCUT2D eigenvalue weighted by Crippen LogP contribution is -2.52. The third-order valence-electron chi connectivity index (χ3n) is 3.24. The lowest BCUT2D eigenvalue weighted by molar-refractivity contribution is -0.144. The summed E-state index contributed by atoms with van der Waals surface area (Å²) in [5.41, 5.74) is -0.563. The number of nitrogens with one attached hydrogen (secondary N) is 1. The van der Waals surface area contributed by atoms with E-state index in [1.54, 1.807) is 12.3 Å². The third kappa shape index (κ3) is 2.83. The molecule has 0 aliphatic rings. The van der Waals surface area contributed by atoms with E-state index >= 15 is 0 Å². The number of hydrogen-bond acceptors (Lipinski definition) is 5. The van der Waals surface area contributed by atoms with Crippen LogP contribution in [-0.2, 0) is 4.79 Å². The van der Waals surface area contributed by atoms with Gasteiger partial charge in [-0.05, 0) is 26.3 Å². The molecule has 0 fully saturated rings. The Bertz CT molecular complexity index is 696. The van der Waals surface area contributed by atoms with E-state index in [0.29, 0.717) is 18.6 Å². The van der Waals surface area contributed by atoms with Gasteiger partial charge in [0.15, 0.2) is 0 Å². The van der Waals surface area contributed by atoms with Gasteiger partial charge in [-0.25, -0.2) is 14.3 Å². The number of aromatic nitrogens is 4. The van der Waals surface area contributed by atoms with E-state index in [1.165, 1.54) is 11.4 Å². The topological polar surface area (TPSA) is 109 Å². The molecule has 2 heterocycles. The first-order chi connectivity index (χ1) is 9.87. The molecular weight excluding hydrogens is 274 g/mol. The molecule has 1 amide bonds. The molecule has 2 rings (SSSR count). The van der Waals surface area contributed by atoms with Gasteiger partial charge >= 0.3 is 5.97 Å². The van der Waals surface area contributed by atoms with E-state index in [2.05, 4.69) is 20.4 Å². The Morgan fingerprint density at radius 3 is 2.76 bits per heavy atom. The number of amides is 1. The molecule has 21 heavy (non-hydrogen) atoms. The van der Waals surface area contributed by atoms with Gasteiger partial charge in [0.05, 0.1) is 0 Å². The van der Waals surface area contributed by atoms with Crippen molar-refractivity contribution >= 4 is 17.7 Å². The van der Waals surface area contributed by atoms with Gasteiger partial charge in [0.2, 0.25) is 5.82 Å². The van der Waals surface area contributed by atoms with E-state index in [1.807, 2.05) is 13.8 Å². The lowest BCUT2D eigenvalue weighted by atomic mass is 9.96. The van der Waals surface area contributed by atoms with Crippen LogP contribution < -0.4 is 5.32 Å². The Kier molecular flexibility index (Phi) is 3.88. The van der Waals surface area contributed by atoms with Gasteiger partial charge < -0.3 is 10.4 Å².